The van der Waals surface area contributed by atoms with Crippen molar-refractivity contribution < 1.29 is 8.42 Å². The second kappa shape index (κ2) is 7.60. The summed E-state index contributed by atoms with van der Waals surface area (Å²) in [4.78, 5) is 9.35. The van der Waals surface area contributed by atoms with Gasteiger partial charge in [-0.3, -0.25) is 15.1 Å². The summed E-state index contributed by atoms with van der Waals surface area (Å²) in [6.07, 6.45) is 3.51. The summed E-state index contributed by atoms with van der Waals surface area (Å²) in [5.41, 5.74) is 6.08. The van der Waals surface area contributed by atoms with Gasteiger partial charge in [0.05, 0.1) is 33.9 Å². The third-order valence-electron chi connectivity index (χ3n) is 4.74. The van der Waals surface area contributed by atoms with Crippen LogP contribution in [0.1, 0.15) is 12.6 Å². The van der Waals surface area contributed by atoms with Crippen LogP contribution in [0.4, 0.5) is 0 Å². The van der Waals surface area contributed by atoms with Gasteiger partial charge in [0.2, 0.25) is 0 Å². The van der Waals surface area contributed by atoms with Gasteiger partial charge in [-0.1, -0.05) is 25.1 Å². The maximum Gasteiger partial charge on any atom is 0.178 e. The number of pyridine rings is 2. The van der Waals surface area contributed by atoms with Crippen LogP contribution in [0.3, 0.4) is 0 Å². The Balaban J connectivity index is 1.72. The van der Waals surface area contributed by atoms with Crippen molar-refractivity contribution in [2.45, 2.75) is 18.7 Å². The van der Waals surface area contributed by atoms with Crippen molar-refractivity contribution in [1.82, 2.24) is 20.2 Å². The molecule has 146 valence electrons. The summed E-state index contributed by atoms with van der Waals surface area (Å²) in [5.74, 6) is 0.0797. The fraction of sp³-hybridized carbons (Fsp3) is 0.136. The molecular weight excluding hydrogens is 384 g/mol. The van der Waals surface area contributed by atoms with Gasteiger partial charge in [0.1, 0.15) is 0 Å². The average molecular weight is 404 g/mol. The van der Waals surface area contributed by atoms with E-state index in [4.69, 9.17) is 0 Å². The first-order valence-corrected chi connectivity index (χ1v) is 10.9. The molecule has 7 heteroatoms. The molecule has 0 atom stereocenters. The minimum atomic E-state index is -3.22. The molecule has 0 unspecified atom stereocenters. The normalized spacial score (nSPS) is 11.5. The van der Waals surface area contributed by atoms with Crippen LogP contribution >= 0.6 is 0 Å². The number of benzene rings is 1. The zero-order valence-electron chi connectivity index (χ0n) is 16.1. The second-order valence-electron chi connectivity index (χ2n) is 6.68. The number of aromatic nitrogens is 4. The van der Waals surface area contributed by atoms with E-state index in [1.54, 1.807) is 43.6 Å². The predicted molar refractivity (Wildman–Crippen MR) is 113 cm³/mol. The van der Waals surface area contributed by atoms with Crippen molar-refractivity contribution in [3.63, 3.8) is 0 Å². The topological polar surface area (TPSA) is 88.6 Å². The molecule has 3 heterocycles. The van der Waals surface area contributed by atoms with E-state index in [9.17, 15) is 8.42 Å². The number of hydrogen-bond acceptors (Lipinski definition) is 5. The maximum absolute atomic E-state index is 12.0. The van der Waals surface area contributed by atoms with Gasteiger partial charge in [0.15, 0.2) is 9.84 Å². The molecule has 0 fully saturated rings. The number of nitrogens with zero attached hydrogens (tertiary/aromatic N) is 3. The molecule has 1 aromatic carbocycles. The van der Waals surface area contributed by atoms with Crippen molar-refractivity contribution in [2.75, 3.05) is 5.75 Å². The lowest BCUT2D eigenvalue weighted by Gasteiger charge is -2.07. The first-order chi connectivity index (χ1) is 14.0. The van der Waals surface area contributed by atoms with Crippen molar-refractivity contribution in [1.29, 1.82) is 0 Å². The predicted octanol–water partition coefficient (Wildman–Crippen LogP) is 4.30. The molecule has 0 spiro atoms. The van der Waals surface area contributed by atoms with Crippen LogP contribution in [0.15, 0.2) is 71.9 Å². The van der Waals surface area contributed by atoms with Crippen LogP contribution in [0.2, 0.25) is 0 Å². The molecule has 0 aliphatic rings. The smallest absolute Gasteiger partial charge is 0.178 e. The number of H-pyrrole nitrogens is 1. The molecule has 0 bridgehead atoms. The Morgan fingerprint density at radius 1 is 0.966 bits per heavy atom. The molecule has 0 aliphatic heterocycles. The van der Waals surface area contributed by atoms with Crippen molar-refractivity contribution in [2.24, 2.45) is 0 Å². The Bertz CT molecular complexity index is 1260. The largest absolute Gasteiger partial charge is 0.276 e. The highest BCUT2D eigenvalue weighted by atomic mass is 32.2. The lowest BCUT2D eigenvalue weighted by molar-refractivity contribution is 0.597. The third-order valence-corrected chi connectivity index (χ3v) is 6.49. The molecule has 0 radical (unpaired) electrons. The zero-order chi connectivity index (χ0) is 20.4. The third kappa shape index (κ3) is 3.82. The second-order valence-corrected chi connectivity index (χ2v) is 8.96. The minimum absolute atomic E-state index is 0.0797. The minimum Gasteiger partial charge on any atom is -0.276 e. The van der Waals surface area contributed by atoms with Crippen molar-refractivity contribution >= 4 is 9.84 Å². The quantitative estimate of drug-likeness (QED) is 0.536. The number of rotatable bonds is 5. The molecule has 0 aliphatic carbocycles. The molecule has 29 heavy (non-hydrogen) atoms. The number of aryl methyl sites for hydroxylation is 1. The first-order valence-electron chi connectivity index (χ1n) is 9.25. The number of nitrogens with one attached hydrogen (secondary N) is 1. The highest BCUT2D eigenvalue weighted by Crippen LogP contribution is 2.31. The summed E-state index contributed by atoms with van der Waals surface area (Å²) in [7, 11) is -3.22. The van der Waals surface area contributed by atoms with E-state index in [2.05, 4.69) is 20.2 Å². The Labute approximate surface area is 169 Å². The number of sulfone groups is 1. The maximum atomic E-state index is 12.0. The summed E-state index contributed by atoms with van der Waals surface area (Å²) < 4.78 is 24.0. The first kappa shape index (κ1) is 19.0. The van der Waals surface area contributed by atoms with E-state index < -0.39 is 9.84 Å². The molecule has 6 nitrogen and oxygen atoms in total. The fourth-order valence-corrected chi connectivity index (χ4v) is 4.02. The highest BCUT2D eigenvalue weighted by Gasteiger charge is 2.14. The Morgan fingerprint density at radius 2 is 1.76 bits per heavy atom. The summed E-state index contributed by atoms with van der Waals surface area (Å²) in [6.45, 7) is 3.59. The molecular formula is C22H20N4O2S. The van der Waals surface area contributed by atoms with E-state index in [0.717, 1.165) is 39.5 Å². The van der Waals surface area contributed by atoms with Crippen LogP contribution in [-0.4, -0.2) is 34.3 Å². The van der Waals surface area contributed by atoms with Gasteiger partial charge in [0.25, 0.3) is 0 Å². The molecule has 1 N–H and O–H groups in total. The molecule has 4 rings (SSSR count). The average Bonchev–Trinajstić information content (AvgIpc) is 3.24. The zero-order valence-corrected chi connectivity index (χ0v) is 16.9. The summed E-state index contributed by atoms with van der Waals surface area (Å²) in [5, 5.41) is 7.24. The van der Waals surface area contributed by atoms with Gasteiger partial charge in [0, 0.05) is 23.0 Å². The Kier molecular flexibility index (Phi) is 4.98. The Hall–Kier alpha value is -3.32. The van der Waals surface area contributed by atoms with E-state index >= 15 is 0 Å². The van der Waals surface area contributed by atoms with Crippen molar-refractivity contribution in [3.8, 4) is 33.8 Å². The molecule has 0 amide bonds. The number of hydrogen-bond donors (Lipinski definition) is 1. The molecule has 0 saturated heterocycles. The standard InChI is InChI=1S/C22H20N4O2S/c1-3-29(27,28)18-9-7-16(8-10-18)21-13-17(11-12-23-21)19-14-24-26-22(19)20-6-4-5-15(2)25-20/h4-14H,3H2,1-2H3,(H,24,26). The number of aromatic amines is 1. The van der Waals surface area contributed by atoms with E-state index in [1.165, 1.54) is 0 Å². The van der Waals surface area contributed by atoms with Crippen LogP contribution < -0.4 is 0 Å². The lowest BCUT2D eigenvalue weighted by atomic mass is 10.0. The summed E-state index contributed by atoms with van der Waals surface area (Å²) >= 11 is 0. The van der Waals surface area contributed by atoms with Crippen LogP contribution in [-0.2, 0) is 9.84 Å². The van der Waals surface area contributed by atoms with Gasteiger partial charge in [-0.25, -0.2) is 8.42 Å². The van der Waals surface area contributed by atoms with Gasteiger partial charge in [-0.2, -0.15) is 5.10 Å². The van der Waals surface area contributed by atoms with E-state index in [0.29, 0.717) is 4.90 Å². The van der Waals surface area contributed by atoms with E-state index in [1.807, 2.05) is 37.3 Å². The van der Waals surface area contributed by atoms with Crippen LogP contribution in [0.25, 0.3) is 33.8 Å². The van der Waals surface area contributed by atoms with Gasteiger partial charge < -0.3 is 0 Å². The molecule has 4 aromatic rings. The molecule has 3 aromatic heterocycles. The SMILES string of the molecule is CCS(=O)(=O)c1ccc(-c2cc(-c3cn[nH]c3-c3cccc(C)n3)ccn2)cc1. The monoisotopic (exact) mass is 404 g/mol. The van der Waals surface area contributed by atoms with Crippen LogP contribution in [0.5, 0.6) is 0 Å². The summed E-state index contributed by atoms with van der Waals surface area (Å²) in [6, 6.07) is 16.6. The highest BCUT2D eigenvalue weighted by molar-refractivity contribution is 7.91. The molecule has 0 saturated carbocycles. The van der Waals surface area contributed by atoms with Gasteiger partial charge >= 0.3 is 0 Å². The fourth-order valence-electron chi connectivity index (χ4n) is 3.14. The Morgan fingerprint density at radius 3 is 2.48 bits per heavy atom. The van der Waals surface area contributed by atoms with Gasteiger partial charge in [-0.15, -0.1) is 0 Å². The van der Waals surface area contributed by atoms with E-state index in [-0.39, 0.29) is 5.75 Å². The van der Waals surface area contributed by atoms with Crippen molar-refractivity contribution in [3.05, 3.63) is 72.7 Å². The van der Waals surface area contributed by atoms with Crippen LogP contribution in [0, 0.1) is 6.92 Å². The van der Waals surface area contributed by atoms with Gasteiger partial charge in [-0.05, 0) is 48.9 Å². The lowest BCUT2D eigenvalue weighted by Crippen LogP contribution is -2.03.